The molecule has 6 heteroatoms. The SMILES string of the molecule is CC(C)c1cc(N(C)c2ccc(C(N)=NO)cc2)ncn1. The zero-order valence-electron chi connectivity index (χ0n) is 12.4. The highest BCUT2D eigenvalue weighted by Crippen LogP contribution is 2.23. The minimum atomic E-state index is 0.0910. The maximum absolute atomic E-state index is 8.66. The van der Waals surface area contributed by atoms with E-state index in [0.29, 0.717) is 11.5 Å². The average molecular weight is 285 g/mol. The number of hydrogen-bond acceptors (Lipinski definition) is 5. The smallest absolute Gasteiger partial charge is 0.170 e. The van der Waals surface area contributed by atoms with E-state index in [1.807, 2.05) is 30.1 Å². The summed E-state index contributed by atoms with van der Waals surface area (Å²) in [6, 6.07) is 9.36. The van der Waals surface area contributed by atoms with Gasteiger partial charge in [-0.25, -0.2) is 9.97 Å². The number of anilines is 2. The molecule has 0 atom stereocenters. The van der Waals surface area contributed by atoms with Crippen molar-refractivity contribution in [1.82, 2.24) is 9.97 Å². The van der Waals surface area contributed by atoms with Crippen LogP contribution in [-0.2, 0) is 0 Å². The molecular weight excluding hydrogens is 266 g/mol. The van der Waals surface area contributed by atoms with Gasteiger partial charge in [0.05, 0.1) is 0 Å². The van der Waals surface area contributed by atoms with E-state index in [1.165, 1.54) is 0 Å². The number of aromatic nitrogens is 2. The Bertz CT molecular complexity index is 637. The van der Waals surface area contributed by atoms with Crippen molar-refractivity contribution >= 4 is 17.3 Å². The van der Waals surface area contributed by atoms with Gasteiger partial charge in [0.15, 0.2) is 5.84 Å². The summed E-state index contributed by atoms with van der Waals surface area (Å²) in [5.74, 6) is 1.27. The first-order valence-electron chi connectivity index (χ1n) is 6.66. The molecular formula is C15H19N5O. The zero-order chi connectivity index (χ0) is 15.4. The zero-order valence-corrected chi connectivity index (χ0v) is 12.4. The number of oxime groups is 1. The molecule has 2 aromatic rings. The van der Waals surface area contributed by atoms with Crippen LogP contribution in [0.15, 0.2) is 41.8 Å². The second-order valence-corrected chi connectivity index (χ2v) is 5.05. The molecule has 1 aromatic heterocycles. The molecule has 0 bridgehead atoms. The van der Waals surface area contributed by atoms with Crippen LogP contribution in [0.2, 0.25) is 0 Å². The Balaban J connectivity index is 2.27. The third-order valence-corrected chi connectivity index (χ3v) is 3.27. The maximum Gasteiger partial charge on any atom is 0.170 e. The fourth-order valence-electron chi connectivity index (χ4n) is 1.91. The van der Waals surface area contributed by atoms with Gasteiger partial charge in [-0.1, -0.05) is 19.0 Å². The molecule has 1 aromatic carbocycles. The fourth-order valence-corrected chi connectivity index (χ4v) is 1.91. The van der Waals surface area contributed by atoms with E-state index >= 15 is 0 Å². The van der Waals surface area contributed by atoms with Gasteiger partial charge in [-0.15, -0.1) is 0 Å². The molecule has 21 heavy (non-hydrogen) atoms. The van der Waals surface area contributed by atoms with E-state index in [2.05, 4.69) is 29.0 Å². The predicted molar refractivity (Wildman–Crippen MR) is 83.1 cm³/mol. The number of nitrogens with two attached hydrogens (primary N) is 1. The minimum absolute atomic E-state index is 0.0910. The molecule has 1 heterocycles. The molecule has 6 nitrogen and oxygen atoms in total. The summed E-state index contributed by atoms with van der Waals surface area (Å²) in [5.41, 5.74) is 8.17. The summed E-state index contributed by atoms with van der Waals surface area (Å²) < 4.78 is 0. The topological polar surface area (TPSA) is 87.6 Å². The van der Waals surface area contributed by atoms with Crippen molar-refractivity contribution in [2.24, 2.45) is 10.9 Å². The van der Waals surface area contributed by atoms with E-state index in [0.717, 1.165) is 17.2 Å². The van der Waals surface area contributed by atoms with Crippen LogP contribution in [0.5, 0.6) is 0 Å². The molecule has 2 rings (SSSR count). The lowest BCUT2D eigenvalue weighted by atomic mass is 10.1. The van der Waals surface area contributed by atoms with Crippen molar-refractivity contribution < 1.29 is 5.21 Å². The largest absolute Gasteiger partial charge is 0.409 e. The van der Waals surface area contributed by atoms with Crippen LogP contribution >= 0.6 is 0 Å². The Morgan fingerprint density at radius 2 is 1.90 bits per heavy atom. The summed E-state index contributed by atoms with van der Waals surface area (Å²) in [7, 11) is 1.94. The highest BCUT2D eigenvalue weighted by Gasteiger charge is 2.09. The number of hydrogen-bond donors (Lipinski definition) is 2. The van der Waals surface area contributed by atoms with E-state index in [1.54, 1.807) is 18.5 Å². The lowest BCUT2D eigenvalue weighted by Crippen LogP contribution is -2.15. The summed E-state index contributed by atoms with van der Waals surface area (Å²) in [4.78, 5) is 10.5. The maximum atomic E-state index is 8.66. The quantitative estimate of drug-likeness (QED) is 0.390. The fraction of sp³-hybridized carbons (Fsp3) is 0.267. The molecule has 0 saturated carbocycles. The lowest BCUT2D eigenvalue weighted by Gasteiger charge is -2.19. The molecule has 0 spiro atoms. The van der Waals surface area contributed by atoms with Crippen LogP contribution < -0.4 is 10.6 Å². The first-order chi connectivity index (χ1) is 10.0. The van der Waals surface area contributed by atoms with Gasteiger partial charge in [-0.05, 0) is 30.2 Å². The van der Waals surface area contributed by atoms with Crippen LogP contribution in [0.1, 0.15) is 31.0 Å². The number of benzene rings is 1. The molecule has 110 valence electrons. The predicted octanol–water partition coefficient (Wildman–Crippen LogP) is 2.46. The van der Waals surface area contributed by atoms with Crippen LogP contribution in [-0.4, -0.2) is 28.1 Å². The summed E-state index contributed by atoms with van der Waals surface area (Å²) >= 11 is 0. The number of nitrogens with zero attached hydrogens (tertiary/aromatic N) is 4. The Kier molecular flexibility index (Phi) is 4.37. The van der Waals surface area contributed by atoms with Gasteiger partial charge >= 0.3 is 0 Å². The highest BCUT2D eigenvalue weighted by molar-refractivity contribution is 5.97. The first-order valence-corrected chi connectivity index (χ1v) is 6.66. The second kappa shape index (κ2) is 6.21. The van der Waals surface area contributed by atoms with Gasteiger partial charge in [0.2, 0.25) is 0 Å². The normalized spacial score (nSPS) is 11.7. The average Bonchev–Trinajstić information content (AvgIpc) is 2.53. The molecule has 0 fully saturated rings. The van der Waals surface area contributed by atoms with Crippen LogP contribution in [0.4, 0.5) is 11.5 Å². The van der Waals surface area contributed by atoms with Crippen molar-refractivity contribution in [1.29, 1.82) is 0 Å². The summed E-state index contributed by atoms with van der Waals surface area (Å²) in [6.45, 7) is 4.19. The van der Waals surface area contributed by atoms with Crippen molar-refractivity contribution in [2.45, 2.75) is 19.8 Å². The van der Waals surface area contributed by atoms with Crippen LogP contribution in [0.25, 0.3) is 0 Å². The summed E-state index contributed by atoms with van der Waals surface area (Å²) in [6.07, 6.45) is 1.58. The van der Waals surface area contributed by atoms with Gasteiger partial charge in [0, 0.05) is 30.1 Å². The highest BCUT2D eigenvalue weighted by atomic mass is 16.4. The van der Waals surface area contributed by atoms with Gasteiger partial charge in [0.1, 0.15) is 12.1 Å². The van der Waals surface area contributed by atoms with Gasteiger partial charge in [-0.3, -0.25) is 0 Å². The van der Waals surface area contributed by atoms with Gasteiger partial charge in [-0.2, -0.15) is 0 Å². The molecule has 0 aliphatic heterocycles. The van der Waals surface area contributed by atoms with Crippen LogP contribution in [0, 0.1) is 0 Å². The first kappa shape index (κ1) is 14.8. The number of amidine groups is 1. The molecule has 0 unspecified atom stereocenters. The Labute approximate surface area is 123 Å². The lowest BCUT2D eigenvalue weighted by molar-refractivity contribution is 0.318. The molecule has 0 aliphatic carbocycles. The minimum Gasteiger partial charge on any atom is -0.409 e. The second-order valence-electron chi connectivity index (χ2n) is 5.05. The van der Waals surface area contributed by atoms with Crippen molar-refractivity contribution in [2.75, 3.05) is 11.9 Å². The van der Waals surface area contributed by atoms with Gasteiger partial charge in [0.25, 0.3) is 0 Å². The third-order valence-electron chi connectivity index (χ3n) is 3.27. The standard InChI is InChI=1S/C15H19N5O/c1-10(2)13-8-14(18-9-17-13)20(3)12-6-4-11(5-7-12)15(16)19-21/h4-10,21H,1-3H3,(H2,16,19). The van der Waals surface area contributed by atoms with E-state index in [-0.39, 0.29) is 5.84 Å². The molecule has 0 amide bonds. The Morgan fingerprint density at radius 1 is 1.24 bits per heavy atom. The Morgan fingerprint density at radius 3 is 2.48 bits per heavy atom. The van der Waals surface area contributed by atoms with Crippen molar-refractivity contribution in [3.8, 4) is 0 Å². The third kappa shape index (κ3) is 3.28. The van der Waals surface area contributed by atoms with E-state index < -0.39 is 0 Å². The van der Waals surface area contributed by atoms with Gasteiger partial charge < -0.3 is 15.8 Å². The molecule has 3 N–H and O–H groups in total. The van der Waals surface area contributed by atoms with Crippen molar-refractivity contribution in [3.63, 3.8) is 0 Å². The Hall–Kier alpha value is -2.63. The van der Waals surface area contributed by atoms with Crippen LogP contribution in [0.3, 0.4) is 0 Å². The molecule has 0 saturated heterocycles. The van der Waals surface area contributed by atoms with E-state index in [9.17, 15) is 0 Å². The molecule has 0 aliphatic rings. The number of rotatable bonds is 4. The molecule has 0 radical (unpaired) electrons. The van der Waals surface area contributed by atoms with Crippen molar-refractivity contribution in [3.05, 3.63) is 47.9 Å². The monoisotopic (exact) mass is 285 g/mol. The van der Waals surface area contributed by atoms with E-state index in [4.69, 9.17) is 10.9 Å². The summed E-state index contributed by atoms with van der Waals surface area (Å²) in [5, 5.41) is 11.6.